The maximum absolute atomic E-state index is 12.0. The molecule has 0 saturated heterocycles. The van der Waals surface area contributed by atoms with Crippen LogP contribution in [0.3, 0.4) is 0 Å². The van der Waals surface area contributed by atoms with Crippen LogP contribution in [0.25, 0.3) is 11.2 Å². The molecule has 2 heterocycles. The van der Waals surface area contributed by atoms with Gasteiger partial charge in [-0.25, -0.2) is 14.3 Å². The summed E-state index contributed by atoms with van der Waals surface area (Å²) < 4.78 is 2.68. The van der Waals surface area contributed by atoms with E-state index < -0.39 is 36.2 Å². The summed E-state index contributed by atoms with van der Waals surface area (Å²) in [6.45, 7) is -0.378. The average molecular weight is 338 g/mol. The Hall–Kier alpha value is -3.44. The number of anilines is 1. The molecule has 0 aliphatic heterocycles. The van der Waals surface area contributed by atoms with E-state index >= 15 is 0 Å². The molecule has 2 rings (SSSR count). The number of carbonyl (C=O) groups is 3. The molecule has 0 bridgehead atoms. The normalized spacial score (nSPS) is 12.0. The molecule has 1 amide bonds. The summed E-state index contributed by atoms with van der Waals surface area (Å²) in [4.78, 5) is 40.9. The van der Waals surface area contributed by atoms with Crippen LogP contribution < -0.4 is 20.7 Å². The molecule has 0 spiro atoms. The molecule has 0 aliphatic carbocycles. The van der Waals surface area contributed by atoms with E-state index in [9.17, 15) is 19.5 Å². The number of nitrogens with two attached hydrogens (primary N) is 1. The summed E-state index contributed by atoms with van der Waals surface area (Å²) >= 11 is 0. The van der Waals surface area contributed by atoms with Crippen LogP contribution in [0.15, 0.2) is 6.33 Å². The highest BCUT2D eigenvalue weighted by Crippen LogP contribution is 2.16. The third-order valence-corrected chi connectivity index (χ3v) is 3.11. The van der Waals surface area contributed by atoms with Crippen LogP contribution in [-0.4, -0.2) is 48.6 Å². The summed E-state index contributed by atoms with van der Waals surface area (Å²) in [6.07, 6.45) is 0.633. The molecular formula is C12H14N6O6. The number of nitrogen functional groups attached to an aromatic ring is 1. The molecule has 0 saturated carbocycles. The minimum absolute atomic E-state index is 0.107. The van der Waals surface area contributed by atoms with E-state index in [0.29, 0.717) is 0 Å². The Balaban J connectivity index is 2.24. The van der Waals surface area contributed by atoms with Crippen molar-refractivity contribution in [2.75, 3.05) is 5.73 Å². The lowest BCUT2D eigenvalue weighted by molar-refractivity contribution is -0.661. The average Bonchev–Trinajstić information content (AvgIpc) is 2.73. The van der Waals surface area contributed by atoms with Gasteiger partial charge in [-0.1, -0.05) is 4.98 Å². The first-order valence-electron chi connectivity index (χ1n) is 6.62. The number of carbonyl (C=O) groups excluding carboxylic acids is 1. The highest BCUT2D eigenvalue weighted by atomic mass is 16.4. The molecule has 0 aliphatic rings. The van der Waals surface area contributed by atoms with Crippen LogP contribution in [-0.2, 0) is 28.0 Å². The van der Waals surface area contributed by atoms with Crippen LogP contribution in [0.2, 0.25) is 0 Å². The monoisotopic (exact) mass is 338 g/mol. The molecule has 0 fully saturated rings. The number of hydrogen-bond donors (Lipinski definition) is 4. The molecule has 128 valence electrons. The van der Waals surface area contributed by atoms with Gasteiger partial charge in [0.2, 0.25) is 0 Å². The van der Waals surface area contributed by atoms with Crippen molar-refractivity contribution in [1.29, 1.82) is 0 Å². The fraction of sp³-hybridized carbons (Fsp3) is 0.333. The number of fused-ring (bicyclic) bond motifs is 1. The number of rotatable bonds is 6. The fourth-order valence-electron chi connectivity index (χ4n) is 2.15. The zero-order valence-corrected chi connectivity index (χ0v) is 12.5. The Bertz CT molecular complexity index is 831. The van der Waals surface area contributed by atoms with Crippen LogP contribution in [0.4, 0.5) is 5.95 Å². The summed E-state index contributed by atoms with van der Waals surface area (Å²) in [5, 5.41) is 31.5. The lowest BCUT2D eigenvalue weighted by Crippen LogP contribution is -2.48. The van der Waals surface area contributed by atoms with Gasteiger partial charge < -0.3 is 26.4 Å². The van der Waals surface area contributed by atoms with Gasteiger partial charge in [-0.2, -0.15) is 0 Å². The fourth-order valence-corrected chi connectivity index (χ4v) is 2.15. The topological polar surface area (TPSA) is 187 Å². The minimum atomic E-state index is -1.57. The second-order valence-corrected chi connectivity index (χ2v) is 4.97. The molecule has 24 heavy (non-hydrogen) atoms. The number of aryl methyl sites for hydroxylation is 1. The first kappa shape index (κ1) is 16.9. The van der Waals surface area contributed by atoms with Gasteiger partial charge in [0.15, 0.2) is 18.4 Å². The number of amides is 1. The first-order chi connectivity index (χ1) is 11.2. The number of nitrogens with zero attached hydrogens (tertiary/aromatic N) is 4. The van der Waals surface area contributed by atoms with E-state index in [1.807, 2.05) is 0 Å². The summed E-state index contributed by atoms with van der Waals surface area (Å²) in [5.41, 5.74) is 5.65. The Morgan fingerprint density at radius 1 is 1.42 bits per heavy atom. The van der Waals surface area contributed by atoms with Crippen LogP contribution in [0.5, 0.6) is 5.88 Å². The van der Waals surface area contributed by atoms with Crippen molar-refractivity contribution >= 4 is 35.0 Å². The zero-order valence-electron chi connectivity index (χ0n) is 12.5. The van der Waals surface area contributed by atoms with Crippen LogP contribution in [0, 0.1) is 0 Å². The molecule has 0 unspecified atom stereocenters. The van der Waals surface area contributed by atoms with E-state index in [1.54, 1.807) is 7.05 Å². The van der Waals surface area contributed by atoms with Gasteiger partial charge >= 0.3 is 17.6 Å². The maximum Gasteiger partial charge on any atom is 0.326 e. The number of carboxylic acid groups (broad SMARTS) is 2. The molecule has 12 nitrogen and oxygen atoms in total. The second kappa shape index (κ2) is 6.36. The molecule has 0 radical (unpaired) electrons. The Kier molecular flexibility index (Phi) is 4.48. The summed E-state index contributed by atoms with van der Waals surface area (Å²) in [6, 6.07) is -1.57. The Morgan fingerprint density at radius 2 is 2.08 bits per heavy atom. The third kappa shape index (κ3) is 3.48. The molecular weight excluding hydrogens is 324 g/mol. The lowest BCUT2D eigenvalue weighted by Gasteiger charge is -2.11. The van der Waals surface area contributed by atoms with Crippen molar-refractivity contribution < 1.29 is 34.3 Å². The summed E-state index contributed by atoms with van der Waals surface area (Å²) in [7, 11) is 1.54. The number of aromatic nitrogens is 4. The van der Waals surface area contributed by atoms with Gasteiger partial charge in [0, 0.05) is 5.88 Å². The van der Waals surface area contributed by atoms with Crippen molar-refractivity contribution in [1.82, 2.24) is 19.9 Å². The standard InChI is InChI=1S/C12H14N6O6/c1-17-4-18(9-8(17)10(22)16-12(13)15-9)3-6(19)14-5(11(23)24)2-7(20)21/h4-5H,2-3H2,1H3,(H5-,13,14,15,16,19,20,21,22,23,24)/t5-/m0/s1. The lowest BCUT2D eigenvalue weighted by atomic mass is 10.2. The van der Waals surface area contributed by atoms with E-state index in [2.05, 4.69) is 15.3 Å². The number of carboxylic acids is 2. The van der Waals surface area contributed by atoms with Crippen molar-refractivity contribution in [3.63, 3.8) is 0 Å². The molecule has 2 aromatic rings. The Labute approximate surface area is 134 Å². The van der Waals surface area contributed by atoms with E-state index in [0.717, 1.165) is 0 Å². The second-order valence-electron chi connectivity index (χ2n) is 4.97. The number of imidazole rings is 1. The predicted octanol–water partition coefficient (Wildman–Crippen LogP) is -3.04. The van der Waals surface area contributed by atoms with Crippen molar-refractivity contribution in [3.8, 4) is 5.88 Å². The number of aliphatic carboxylic acids is 2. The smallest absolute Gasteiger partial charge is 0.326 e. The van der Waals surface area contributed by atoms with E-state index in [1.165, 1.54) is 15.5 Å². The molecule has 0 aromatic carbocycles. The first-order valence-corrected chi connectivity index (χ1v) is 6.62. The van der Waals surface area contributed by atoms with Gasteiger partial charge in [0.25, 0.3) is 11.9 Å². The largest absolute Gasteiger partial charge is 0.856 e. The van der Waals surface area contributed by atoms with E-state index in [4.69, 9.17) is 15.9 Å². The summed E-state index contributed by atoms with van der Waals surface area (Å²) in [5.74, 6) is -4.47. The Morgan fingerprint density at radius 3 is 2.67 bits per heavy atom. The zero-order chi connectivity index (χ0) is 18.0. The van der Waals surface area contributed by atoms with Gasteiger partial charge in [-0.15, -0.1) is 0 Å². The SMILES string of the molecule is Cn1c[n+](CC(=O)N[C@@H](CC(=O)O)C(=O)O)c2nc(N)nc([O-])c21. The molecule has 2 aromatic heterocycles. The van der Waals surface area contributed by atoms with Crippen molar-refractivity contribution in [3.05, 3.63) is 6.33 Å². The predicted molar refractivity (Wildman–Crippen MR) is 74.4 cm³/mol. The molecule has 5 N–H and O–H groups in total. The molecule has 1 atom stereocenters. The van der Waals surface area contributed by atoms with Gasteiger partial charge in [0.05, 0.1) is 13.5 Å². The quantitative estimate of drug-likeness (QED) is 0.397. The van der Waals surface area contributed by atoms with Gasteiger partial charge in [0.1, 0.15) is 6.04 Å². The minimum Gasteiger partial charge on any atom is -0.856 e. The highest BCUT2D eigenvalue weighted by Gasteiger charge is 2.25. The number of nitrogens with one attached hydrogen (secondary N) is 1. The molecule has 12 heteroatoms. The van der Waals surface area contributed by atoms with Gasteiger partial charge in [-0.05, 0) is 0 Å². The van der Waals surface area contributed by atoms with Crippen LogP contribution in [0.1, 0.15) is 6.42 Å². The van der Waals surface area contributed by atoms with Crippen molar-refractivity contribution in [2.24, 2.45) is 7.05 Å². The van der Waals surface area contributed by atoms with Gasteiger partial charge in [-0.3, -0.25) is 14.2 Å². The number of hydrogen-bond acceptors (Lipinski definition) is 7. The maximum atomic E-state index is 12.0. The van der Waals surface area contributed by atoms with Crippen molar-refractivity contribution in [2.45, 2.75) is 19.0 Å². The van der Waals surface area contributed by atoms with E-state index in [-0.39, 0.29) is 23.7 Å². The van der Waals surface area contributed by atoms with Crippen LogP contribution >= 0.6 is 0 Å². The third-order valence-electron chi connectivity index (χ3n) is 3.11. The highest BCUT2D eigenvalue weighted by molar-refractivity contribution is 5.86.